The summed E-state index contributed by atoms with van der Waals surface area (Å²) in [6.07, 6.45) is 1.59. The number of aryl methyl sites for hydroxylation is 2. The molecule has 0 spiro atoms. The van der Waals surface area contributed by atoms with Crippen LogP contribution in [0.25, 0.3) is 5.65 Å². The number of benzene rings is 1. The predicted molar refractivity (Wildman–Crippen MR) is 91.9 cm³/mol. The Kier molecular flexibility index (Phi) is 4.23. The SMILES string of the molecule is Cc1ccc(SCc2cc(=O)n3cc(Cl)ccc3n2)cc1C. The van der Waals surface area contributed by atoms with Crippen molar-refractivity contribution in [3.05, 3.63) is 74.8 Å². The van der Waals surface area contributed by atoms with Crippen LogP contribution in [0.2, 0.25) is 5.02 Å². The average Bonchev–Trinajstić information content (AvgIpc) is 2.49. The van der Waals surface area contributed by atoms with Crippen LogP contribution in [0, 0.1) is 13.8 Å². The van der Waals surface area contributed by atoms with Crippen LogP contribution in [0.15, 0.2) is 52.3 Å². The highest BCUT2D eigenvalue weighted by atomic mass is 35.5. The molecule has 5 heteroatoms. The number of pyridine rings is 1. The van der Waals surface area contributed by atoms with E-state index < -0.39 is 0 Å². The fourth-order valence-electron chi connectivity index (χ4n) is 2.16. The van der Waals surface area contributed by atoms with E-state index in [-0.39, 0.29) is 5.56 Å². The van der Waals surface area contributed by atoms with Crippen LogP contribution in [0.4, 0.5) is 0 Å². The molecule has 0 radical (unpaired) electrons. The van der Waals surface area contributed by atoms with Gasteiger partial charge in [-0.2, -0.15) is 0 Å². The fourth-order valence-corrected chi connectivity index (χ4v) is 3.21. The van der Waals surface area contributed by atoms with E-state index in [0.29, 0.717) is 16.4 Å². The normalized spacial score (nSPS) is 11.0. The number of hydrogen-bond donors (Lipinski definition) is 0. The first-order valence-corrected chi connectivity index (χ1v) is 8.27. The van der Waals surface area contributed by atoms with Crippen LogP contribution < -0.4 is 5.56 Å². The minimum atomic E-state index is -0.108. The van der Waals surface area contributed by atoms with Crippen LogP contribution in [-0.4, -0.2) is 9.38 Å². The van der Waals surface area contributed by atoms with Gasteiger partial charge in [0.25, 0.3) is 5.56 Å². The van der Waals surface area contributed by atoms with Gasteiger partial charge >= 0.3 is 0 Å². The van der Waals surface area contributed by atoms with Gasteiger partial charge in [0.05, 0.1) is 10.7 Å². The summed E-state index contributed by atoms with van der Waals surface area (Å²) in [6, 6.07) is 11.4. The van der Waals surface area contributed by atoms with Crippen molar-refractivity contribution in [2.75, 3.05) is 0 Å². The number of thioether (sulfide) groups is 1. The van der Waals surface area contributed by atoms with E-state index in [2.05, 4.69) is 37.0 Å². The molecule has 2 heterocycles. The molecule has 0 atom stereocenters. The maximum Gasteiger partial charge on any atom is 0.258 e. The van der Waals surface area contributed by atoms with E-state index in [1.807, 2.05) is 0 Å². The largest absolute Gasteiger partial charge is 0.269 e. The Morgan fingerprint density at radius 3 is 2.73 bits per heavy atom. The molecule has 112 valence electrons. The van der Waals surface area contributed by atoms with Crippen molar-refractivity contribution >= 4 is 29.0 Å². The number of rotatable bonds is 3. The van der Waals surface area contributed by atoms with Crippen molar-refractivity contribution in [1.29, 1.82) is 0 Å². The topological polar surface area (TPSA) is 34.4 Å². The smallest absolute Gasteiger partial charge is 0.258 e. The van der Waals surface area contributed by atoms with Crippen molar-refractivity contribution < 1.29 is 0 Å². The Bertz CT molecular complexity index is 905. The Labute approximate surface area is 138 Å². The first-order valence-electron chi connectivity index (χ1n) is 6.91. The molecule has 0 aliphatic heterocycles. The third kappa shape index (κ3) is 3.18. The highest BCUT2D eigenvalue weighted by Gasteiger charge is 2.04. The molecular weight excluding hydrogens is 316 g/mol. The van der Waals surface area contributed by atoms with Crippen LogP contribution >= 0.6 is 23.4 Å². The Morgan fingerprint density at radius 2 is 1.95 bits per heavy atom. The molecule has 3 aromatic rings. The van der Waals surface area contributed by atoms with Gasteiger partial charge in [0.1, 0.15) is 5.65 Å². The second-order valence-electron chi connectivity index (χ2n) is 5.20. The average molecular weight is 331 g/mol. The van der Waals surface area contributed by atoms with Gasteiger partial charge in [-0.25, -0.2) is 4.98 Å². The van der Waals surface area contributed by atoms with E-state index >= 15 is 0 Å². The molecule has 0 fully saturated rings. The Balaban J connectivity index is 1.86. The van der Waals surface area contributed by atoms with Gasteiger partial charge < -0.3 is 0 Å². The van der Waals surface area contributed by atoms with Crippen molar-refractivity contribution in [3.63, 3.8) is 0 Å². The zero-order chi connectivity index (χ0) is 15.7. The summed E-state index contributed by atoms with van der Waals surface area (Å²) < 4.78 is 1.46. The number of aromatic nitrogens is 2. The number of halogens is 1. The van der Waals surface area contributed by atoms with Crippen molar-refractivity contribution in [3.8, 4) is 0 Å². The summed E-state index contributed by atoms with van der Waals surface area (Å²) in [5, 5.41) is 0.522. The minimum absolute atomic E-state index is 0.108. The molecule has 22 heavy (non-hydrogen) atoms. The fraction of sp³-hybridized carbons (Fsp3) is 0.176. The third-order valence-corrected chi connectivity index (χ3v) is 4.79. The van der Waals surface area contributed by atoms with Gasteiger partial charge in [0.15, 0.2) is 0 Å². The van der Waals surface area contributed by atoms with Gasteiger partial charge in [-0.15, -0.1) is 11.8 Å². The lowest BCUT2D eigenvalue weighted by Crippen LogP contribution is -2.15. The zero-order valence-corrected chi connectivity index (χ0v) is 13.9. The van der Waals surface area contributed by atoms with E-state index in [4.69, 9.17) is 11.6 Å². The maximum atomic E-state index is 12.1. The van der Waals surface area contributed by atoms with Gasteiger partial charge in [-0.05, 0) is 49.2 Å². The molecule has 0 unspecified atom stereocenters. The Hall–Kier alpha value is -1.78. The molecule has 2 aromatic heterocycles. The van der Waals surface area contributed by atoms with E-state index in [9.17, 15) is 4.79 Å². The molecule has 0 bridgehead atoms. The first-order chi connectivity index (χ1) is 10.5. The molecule has 0 amide bonds. The molecule has 0 saturated carbocycles. The summed E-state index contributed by atoms with van der Waals surface area (Å²) in [4.78, 5) is 17.8. The molecule has 0 saturated heterocycles. The highest BCUT2D eigenvalue weighted by Crippen LogP contribution is 2.24. The minimum Gasteiger partial charge on any atom is -0.269 e. The molecule has 0 N–H and O–H groups in total. The summed E-state index contributed by atoms with van der Waals surface area (Å²) in [5.41, 5.74) is 3.83. The second-order valence-corrected chi connectivity index (χ2v) is 6.68. The summed E-state index contributed by atoms with van der Waals surface area (Å²) in [7, 11) is 0. The maximum absolute atomic E-state index is 12.1. The monoisotopic (exact) mass is 330 g/mol. The van der Waals surface area contributed by atoms with Gasteiger partial charge in [0, 0.05) is 22.9 Å². The summed E-state index contributed by atoms with van der Waals surface area (Å²) in [6.45, 7) is 4.20. The quantitative estimate of drug-likeness (QED) is 0.673. The van der Waals surface area contributed by atoms with Crippen LogP contribution in [-0.2, 0) is 5.75 Å². The first kappa shape index (κ1) is 15.1. The zero-order valence-electron chi connectivity index (χ0n) is 12.3. The van der Waals surface area contributed by atoms with Crippen LogP contribution in [0.3, 0.4) is 0 Å². The number of nitrogens with zero attached hydrogens (tertiary/aromatic N) is 2. The van der Waals surface area contributed by atoms with Crippen LogP contribution in [0.1, 0.15) is 16.8 Å². The summed E-state index contributed by atoms with van der Waals surface area (Å²) in [5.74, 6) is 0.664. The highest BCUT2D eigenvalue weighted by molar-refractivity contribution is 7.98. The molecule has 0 aliphatic carbocycles. The molecule has 3 nitrogen and oxygen atoms in total. The van der Waals surface area contributed by atoms with Gasteiger partial charge in [0.2, 0.25) is 0 Å². The third-order valence-electron chi connectivity index (χ3n) is 3.54. The van der Waals surface area contributed by atoms with Crippen LogP contribution in [0.5, 0.6) is 0 Å². The van der Waals surface area contributed by atoms with Gasteiger partial charge in [-0.3, -0.25) is 9.20 Å². The van der Waals surface area contributed by atoms with Crippen molar-refractivity contribution in [2.24, 2.45) is 0 Å². The standard InChI is InChI=1S/C17H15ClN2OS/c1-11-3-5-15(7-12(11)2)22-10-14-8-17(21)20-9-13(18)4-6-16(20)19-14/h3-9H,10H2,1-2H3. The molecule has 3 rings (SSSR count). The van der Waals surface area contributed by atoms with E-state index in [1.54, 1.807) is 36.2 Å². The van der Waals surface area contributed by atoms with Gasteiger partial charge in [-0.1, -0.05) is 17.7 Å². The molecule has 1 aromatic carbocycles. The van der Waals surface area contributed by atoms with E-state index in [1.165, 1.54) is 20.4 Å². The number of hydrogen-bond acceptors (Lipinski definition) is 3. The lowest BCUT2D eigenvalue weighted by molar-refractivity contribution is 1.01. The second kappa shape index (κ2) is 6.15. The van der Waals surface area contributed by atoms with E-state index in [0.717, 1.165) is 5.69 Å². The lowest BCUT2D eigenvalue weighted by Gasteiger charge is -2.06. The molecule has 0 aliphatic rings. The molecular formula is C17H15ClN2OS. The number of fused-ring (bicyclic) bond motifs is 1. The summed E-state index contributed by atoms with van der Waals surface area (Å²) >= 11 is 7.59. The Morgan fingerprint density at radius 1 is 1.14 bits per heavy atom. The lowest BCUT2D eigenvalue weighted by atomic mass is 10.1. The van der Waals surface area contributed by atoms with Crippen molar-refractivity contribution in [1.82, 2.24) is 9.38 Å². The van der Waals surface area contributed by atoms with Crippen molar-refractivity contribution in [2.45, 2.75) is 24.5 Å². The predicted octanol–water partition coefficient (Wildman–Crippen LogP) is 4.26.